The van der Waals surface area contributed by atoms with Gasteiger partial charge in [0, 0.05) is 12.6 Å². The Morgan fingerprint density at radius 1 is 1.11 bits per heavy atom. The lowest BCUT2D eigenvalue weighted by atomic mass is 10.1. The van der Waals surface area contributed by atoms with Gasteiger partial charge in [0.25, 0.3) is 0 Å². The van der Waals surface area contributed by atoms with E-state index in [1.54, 1.807) is 0 Å². The molecule has 1 aromatic carbocycles. The van der Waals surface area contributed by atoms with E-state index in [-0.39, 0.29) is 0 Å². The van der Waals surface area contributed by atoms with Crippen molar-refractivity contribution < 1.29 is 0 Å². The third-order valence-electron chi connectivity index (χ3n) is 3.45. The predicted molar refractivity (Wildman–Crippen MR) is 80.1 cm³/mol. The van der Waals surface area contributed by atoms with Crippen molar-refractivity contribution in [2.75, 3.05) is 26.2 Å². The molecule has 1 N–H and O–H groups in total. The van der Waals surface area contributed by atoms with Gasteiger partial charge in [0.15, 0.2) is 0 Å². The highest BCUT2D eigenvalue weighted by atomic mass is 15.1. The van der Waals surface area contributed by atoms with Gasteiger partial charge < -0.3 is 10.2 Å². The molecule has 0 saturated heterocycles. The fraction of sp³-hybridized carbons (Fsp3) is 0.625. The molecular weight excluding hydrogens is 220 g/mol. The maximum Gasteiger partial charge on any atom is 0.0166 e. The Hall–Kier alpha value is -0.860. The van der Waals surface area contributed by atoms with Crippen molar-refractivity contribution in [3.05, 3.63) is 35.4 Å². The summed E-state index contributed by atoms with van der Waals surface area (Å²) >= 11 is 0. The van der Waals surface area contributed by atoms with E-state index in [1.807, 2.05) is 0 Å². The average molecular weight is 248 g/mol. The summed E-state index contributed by atoms with van der Waals surface area (Å²) in [4.78, 5) is 2.46. The van der Waals surface area contributed by atoms with Crippen LogP contribution in [0.1, 0.15) is 31.9 Å². The maximum absolute atomic E-state index is 3.60. The van der Waals surface area contributed by atoms with Gasteiger partial charge >= 0.3 is 0 Å². The molecule has 0 aromatic heterocycles. The molecule has 0 aliphatic heterocycles. The molecular formula is C16H28N2. The summed E-state index contributed by atoms with van der Waals surface area (Å²) in [7, 11) is 0. The summed E-state index contributed by atoms with van der Waals surface area (Å²) in [6.07, 6.45) is 1.11. The van der Waals surface area contributed by atoms with Crippen LogP contribution in [0.5, 0.6) is 0 Å². The van der Waals surface area contributed by atoms with Crippen LogP contribution in [-0.4, -0.2) is 37.1 Å². The summed E-state index contributed by atoms with van der Waals surface area (Å²) < 4.78 is 0. The Kier molecular flexibility index (Phi) is 6.99. The summed E-state index contributed by atoms with van der Waals surface area (Å²) in [5, 5.41) is 3.60. The highest BCUT2D eigenvalue weighted by Crippen LogP contribution is 2.03. The second-order valence-electron chi connectivity index (χ2n) is 5.08. The third-order valence-corrected chi connectivity index (χ3v) is 3.45. The third kappa shape index (κ3) is 5.65. The number of benzene rings is 1. The number of hydrogen-bond acceptors (Lipinski definition) is 2. The van der Waals surface area contributed by atoms with Crippen LogP contribution in [0.4, 0.5) is 0 Å². The molecule has 0 bridgehead atoms. The molecule has 0 fully saturated rings. The molecule has 1 unspecified atom stereocenters. The molecule has 2 nitrogen and oxygen atoms in total. The topological polar surface area (TPSA) is 15.3 Å². The predicted octanol–water partition coefficient (Wildman–Crippen LogP) is 2.86. The highest BCUT2D eigenvalue weighted by Gasteiger charge is 2.05. The van der Waals surface area contributed by atoms with Crippen LogP contribution >= 0.6 is 0 Å². The smallest absolute Gasteiger partial charge is 0.0166 e. The van der Waals surface area contributed by atoms with E-state index in [0.717, 1.165) is 32.6 Å². The average Bonchev–Trinajstić information content (AvgIpc) is 2.38. The molecule has 0 spiro atoms. The first-order valence-electron chi connectivity index (χ1n) is 7.17. The van der Waals surface area contributed by atoms with E-state index in [0.29, 0.717) is 6.04 Å². The number of likely N-dealkylation sites (N-methyl/N-ethyl adjacent to an activating group) is 1. The van der Waals surface area contributed by atoms with Crippen LogP contribution in [0.3, 0.4) is 0 Å². The SMILES string of the molecule is CCN(CC)CC(C)NCCc1ccc(C)cc1. The fourth-order valence-corrected chi connectivity index (χ4v) is 2.15. The number of rotatable bonds is 8. The van der Waals surface area contributed by atoms with Crippen LogP contribution in [0, 0.1) is 6.92 Å². The van der Waals surface area contributed by atoms with Crippen molar-refractivity contribution in [2.45, 2.75) is 40.2 Å². The van der Waals surface area contributed by atoms with E-state index >= 15 is 0 Å². The lowest BCUT2D eigenvalue weighted by Gasteiger charge is -2.23. The van der Waals surface area contributed by atoms with Crippen LogP contribution in [0.25, 0.3) is 0 Å². The summed E-state index contributed by atoms with van der Waals surface area (Å²) in [5.41, 5.74) is 2.75. The van der Waals surface area contributed by atoms with Gasteiger partial charge in [0.2, 0.25) is 0 Å². The minimum absolute atomic E-state index is 0.565. The molecule has 0 amide bonds. The van der Waals surface area contributed by atoms with Gasteiger partial charge in [-0.3, -0.25) is 0 Å². The standard InChI is InChI=1S/C16H28N2/c1-5-18(6-2)13-15(4)17-12-11-16-9-7-14(3)8-10-16/h7-10,15,17H,5-6,11-13H2,1-4H3. The largest absolute Gasteiger partial charge is 0.313 e. The Bertz CT molecular complexity index is 314. The molecule has 0 aliphatic rings. The first-order chi connectivity index (χ1) is 8.65. The minimum Gasteiger partial charge on any atom is -0.313 e. The minimum atomic E-state index is 0.565. The Labute approximate surface area is 112 Å². The van der Waals surface area contributed by atoms with Crippen molar-refractivity contribution in [3.63, 3.8) is 0 Å². The molecule has 0 aliphatic carbocycles. The van der Waals surface area contributed by atoms with E-state index in [1.165, 1.54) is 11.1 Å². The Morgan fingerprint density at radius 3 is 2.28 bits per heavy atom. The summed E-state index contributed by atoms with van der Waals surface area (Å²) in [6, 6.07) is 9.40. The molecule has 1 rings (SSSR count). The zero-order valence-corrected chi connectivity index (χ0v) is 12.4. The van der Waals surface area contributed by atoms with E-state index < -0.39 is 0 Å². The van der Waals surface area contributed by atoms with Gasteiger partial charge in [-0.25, -0.2) is 0 Å². The van der Waals surface area contributed by atoms with E-state index in [9.17, 15) is 0 Å². The number of hydrogen-bond donors (Lipinski definition) is 1. The van der Waals surface area contributed by atoms with Crippen LogP contribution in [0.15, 0.2) is 24.3 Å². The Morgan fingerprint density at radius 2 is 1.72 bits per heavy atom. The zero-order valence-electron chi connectivity index (χ0n) is 12.4. The van der Waals surface area contributed by atoms with Crippen molar-refractivity contribution in [1.82, 2.24) is 10.2 Å². The summed E-state index contributed by atoms with van der Waals surface area (Å²) in [5.74, 6) is 0. The number of aryl methyl sites for hydroxylation is 1. The molecule has 0 heterocycles. The molecule has 1 atom stereocenters. The highest BCUT2D eigenvalue weighted by molar-refractivity contribution is 5.21. The lowest BCUT2D eigenvalue weighted by molar-refractivity contribution is 0.272. The van der Waals surface area contributed by atoms with Crippen molar-refractivity contribution >= 4 is 0 Å². The van der Waals surface area contributed by atoms with Gasteiger partial charge in [0.1, 0.15) is 0 Å². The van der Waals surface area contributed by atoms with Crippen molar-refractivity contribution in [2.24, 2.45) is 0 Å². The van der Waals surface area contributed by atoms with Crippen molar-refractivity contribution in [1.29, 1.82) is 0 Å². The monoisotopic (exact) mass is 248 g/mol. The van der Waals surface area contributed by atoms with Crippen LogP contribution in [0.2, 0.25) is 0 Å². The van der Waals surface area contributed by atoms with Gasteiger partial charge in [-0.05, 0) is 45.5 Å². The zero-order chi connectivity index (χ0) is 13.4. The van der Waals surface area contributed by atoms with Gasteiger partial charge in [-0.15, -0.1) is 0 Å². The normalized spacial score (nSPS) is 12.9. The molecule has 1 aromatic rings. The lowest BCUT2D eigenvalue weighted by Crippen LogP contribution is -2.39. The number of nitrogens with zero attached hydrogens (tertiary/aromatic N) is 1. The molecule has 0 saturated carbocycles. The molecule has 2 heteroatoms. The van der Waals surface area contributed by atoms with E-state index in [4.69, 9.17) is 0 Å². The van der Waals surface area contributed by atoms with E-state index in [2.05, 4.69) is 62.2 Å². The maximum atomic E-state index is 3.60. The fourth-order valence-electron chi connectivity index (χ4n) is 2.15. The second-order valence-corrected chi connectivity index (χ2v) is 5.08. The summed E-state index contributed by atoms with van der Waals surface area (Å²) in [6.45, 7) is 13.3. The molecule has 0 radical (unpaired) electrons. The van der Waals surface area contributed by atoms with Crippen LogP contribution in [-0.2, 0) is 6.42 Å². The second kappa shape index (κ2) is 8.28. The van der Waals surface area contributed by atoms with Gasteiger partial charge in [-0.2, -0.15) is 0 Å². The van der Waals surface area contributed by atoms with Gasteiger partial charge in [0.05, 0.1) is 0 Å². The first kappa shape index (κ1) is 15.2. The van der Waals surface area contributed by atoms with Crippen molar-refractivity contribution in [3.8, 4) is 0 Å². The molecule has 102 valence electrons. The molecule has 18 heavy (non-hydrogen) atoms. The van der Waals surface area contributed by atoms with Crippen LogP contribution < -0.4 is 5.32 Å². The quantitative estimate of drug-likeness (QED) is 0.761. The van der Waals surface area contributed by atoms with Gasteiger partial charge in [-0.1, -0.05) is 43.7 Å². The Balaban J connectivity index is 2.22. The number of nitrogens with one attached hydrogen (secondary N) is 1. The first-order valence-corrected chi connectivity index (χ1v) is 7.17.